The lowest BCUT2D eigenvalue weighted by Crippen LogP contribution is -1.89. The molecule has 0 atom stereocenters. The van der Waals surface area contributed by atoms with Gasteiger partial charge in [0.25, 0.3) is 0 Å². The maximum atomic E-state index is 6.01. The summed E-state index contributed by atoms with van der Waals surface area (Å²) in [7, 11) is 0. The monoisotopic (exact) mass is 357 g/mol. The summed E-state index contributed by atoms with van der Waals surface area (Å²) >= 11 is 15.2. The van der Waals surface area contributed by atoms with E-state index < -0.39 is 0 Å². The van der Waals surface area contributed by atoms with Gasteiger partial charge in [-0.2, -0.15) is 0 Å². The highest BCUT2D eigenvalue weighted by Gasteiger charge is 1.98. The van der Waals surface area contributed by atoms with Gasteiger partial charge in [0, 0.05) is 15.1 Å². The summed E-state index contributed by atoms with van der Waals surface area (Å²) in [6.45, 7) is 0.404. The van der Waals surface area contributed by atoms with Crippen molar-refractivity contribution in [3.8, 4) is 0 Å². The van der Waals surface area contributed by atoms with E-state index in [1.165, 1.54) is 0 Å². The molecule has 0 amide bonds. The van der Waals surface area contributed by atoms with Crippen LogP contribution in [0.3, 0.4) is 0 Å². The molecule has 0 aromatic heterocycles. The lowest BCUT2D eigenvalue weighted by Gasteiger charge is -2.01. The Morgan fingerprint density at radius 1 is 1.16 bits per heavy atom. The number of nitrogens with zero attached hydrogens (tertiary/aromatic N) is 1. The van der Waals surface area contributed by atoms with Gasteiger partial charge in [-0.3, -0.25) is 0 Å². The SMILES string of the molecule is Clc1ccc(/C=N/OCc2cccc(Br)c2)c(Cl)c1. The molecule has 0 unspecified atom stereocenters. The van der Waals surface area contributed by atoms with Crippen LogP contribution in [-0.4, -0.2) is 6.21 Å². The minimum Gasteiger partial charge on any atom is -0.391 e. The maximum absolute atomic E-state index is 6.01. The summed E-state index contributed by atoms with van der Waals surface area (Å²) in [6, 6.07) is 13.1. The number of hydrogen-bond acceptors (Lipinski definition) is 2. The Kier molecular flexibility index (Phi) is 5.25. The van der Waals surface area contributed by atoms with E-state index in [2.05, 4.69) is 21.1 Å². The Labute approximate surface area is 130 Å². The second-order valence-corrected chi connectivity index (χ2v) is 5.56. The third-order valence-corrected chi connectivity index (χ3v) is 3.40. The summed E-state index contributed by atoms with van der Waals surface area (Å²) < 4.78 is 1.01. The molecule has 2 aromatic carbocycles. The van der Waals surface area contributed by atoms with Gasteiger partial charge in [0.1, 0.15) is 6.61 Å². The zero-order valence-electron chi connectivity index (χ0n) is 9.82. The molecule has 0 saturated heterocycles. The molecule has 5 heteroatoms. The number of hydrogen-bond donors (Lipinski definition) is 0. The molecular weight excluding hydrogens is 349 g/mol. The van der Waals surface area contributed by atoms with Crippen LogP contribution in [0.25, 0.3) is 0 Å². The van der Waals surface area contributed by atoms with Gasteiger partial charge in [-0.15, -0.1) is 0 Å². The predicted molar refractivity (Wildman–Crippen MR) is 83.0 cm³/mol. The van der Waals surface area contributed by atoms with E-state index in [0.717, 1.165) is 15.6 Å². The van der Waals surface area contributed by atoms with Crippen LogP contribution in [0.1, 0.15) is 11.1 Å². The molecule has 0 aliphatic carbocycles. The summed E-state index contributed by atoms with van der Waals surface area (Å²) in [6.07, 6.45) is 1.57. The number of oxime groups is 1. The second-order valence-electron chi connectivity index (χ2n) is 3.80. The molecule has 0 heterocycles. The van der Waals surface area contributed by atoms with Crippen LogP contribution >= 0.6 is 39.1 Å². The van der Waals surface area contributed by atoms with Crippen LogP contribution in [0.2, 0.25) is 10.0 Å². The molecule has 98 valence electrons. The van der Waals surface area contributed by atoms with Crippen molar-refractivity contribution >= 4 is 45.3 Å². The molecular formula is C14H10BrCl2NO. The van der Waals surface area contributed by atoms with Gasteiger partial charge in [-0.1, -0.05) is 62.5 Å². The molecule has 0 aliphatic heterocycles. The number of benzene rings is 2. The zero-order chi connectivity index (χ0) is 13.7. The van der Waals surface area contributed by atoms with Crippen LogP contribution in [-0.2, 0) is 11.4 Å². The molecule has 2 rings (SSSR count). The van der Waals surface area contributed by atoms with Gasteiger partial charge in [0.2, 0.25) is 0 Å². The van der Waals surface area contributed by atoms with Crippen molar-refractivity contribution < 1.29 is 4.84 Å². The van der Waals surface area contributed by atoms with Crippen molar-refractivity contribution in [3.05, 3.63) is 68.1 Å². The minimum absolute atomic E-state index is 0.404. The van der Waals surface area contributed by atoms with Gasteiger partial charge in [0.15, 0.2) is 0 Å². The predicted octanol–water partition coefficient (Wildman–Crippen LogP) is 5.31. The standard InChI is InChI=1S/C14H10BrCl2NO/c15-12-3-1-2-10(6-12)9-19-18-8-11-4-5-13(16)7-14(11)17/h1-8H,9H2/b18-8+. The van der Waals surface area contributed by atoms with Crippen molar-refractivity contribution in [2.45, 2.75) is 6.61 Å². The van der Waals surface area contributed by atoms with Crippen molar-refractivity contribution in [1.82, 2.24) is 0 Å². The van der Waals surface area contributed by atoms with Crippen LogP contribution < -0.4 is 0 Å². The first-order valence-electron chi connectivity index (χ1n) is 5.50. The van der Waals surface area contributed by atoms with Crippen LogP contribution in [0.5, 0.6) is 0 Å². The summed E-state index contributed by atoms with van der Waals surface area (Å²) in [4.78, 5) is 5.22. The Bertz CT molecular complexity index is 602. The topological polar surface area (TPSA) is 21.6 Å². The number of halogens is 3. The first-order valence-corrected chi connectivity index (χ1v) is 7.05. The number of rotatable bonds is 4. The third kappa shape index (κ3) is 4.53. The second kappa shape index (κ2) is 6.94. The van der Waals surface area contributed by atoms with Crippen molar-refractivity contribution in [2.24, 2.45) is 5.16 Å². The fourth-order valence-electron chi connectivity index (χ4n) is 1.44. The Hall–Kier alpha value is -1.03. The van der Waals surface area contributed by atoms with Crippen molar-refractivity contribution in [1.29, 1.82) is 0 Å². The summed E-state index contributed by atoms with van der Waals surface area (Å²) in [5, 5.41) is 5.03. The quantitative estimate of drug-likeness (QED) is 0.536. The minimum atomic E-state index is 0.404. The van der Waals surface area contributed by atoms with E-state index in [-0.39, 0.29) is 0 Å². The Balaban J connectivity index is 1.93. The van der Waals surface area contributed by atoms with E-state index in [1.54, 1.807) is 24.4 Å². The zero-order valence-corrected chi connectivity index (χ0v) is 12.9. The van der Waals surface area contributed by atoms with E-state index in [0.29, 0.717) is 16.7 Å². The molecule has 0 fully saturated rings. The summed E-state index contributed by atoms with van der Waals surface area (Å²) in [5.74, 6) is 0. The molecule has 0 N–H and O–H groups in total. The molecule has 0 bridgehead atoms. The van der Waals surface area contributed by atoms with E-state index >= 15 is 0 Å². The molecule has 19 heavy (non-hydrogen) atoms. The lowest BCUT2D eigenvalue weighted by atomic mass is 10.2. The average molecular weight is 359 g/mol. The Morgan fingerprint density at radius 2 is 2.00 bits per heavy atom. The maximum Gasteiger partial charge on any atom is 0.142 e. The van der Waals surface area contributed by atoms with Crippen LogP contribution in [0.15, 0.2) is 52.1 Å². The molecule has 0 aliphatic rings. The van der Waals surface area contributed by atoms with Gasteiger partial charge < -0.3 is 4.84 Å². The van der Waals surface area contributed by atoms with E-state index in [4.69, 9.17) is 28.0 Å². The molecule has 0 spiro atoms. The van der Waals surface area contributed by atoms with Gasteiger partial charge in [-0.25, -0.2) is 0 Å². The fourth-order valence-corrected chi connectivity index (χ4v) is 2.34. The third-order valence-electron chi connectivity index (χ3n) is 2.35. The van der Waals surface area contributed by atoms with Gasteiger partial charge in [-0.05, 0) is 29.8 Å². The fraction of sp³-hybridized carbons (Fsp3) is 0.0714. The average Bonchev–Trinajstić information content (AvgIpc) is 2.37. The first kappa shape index (κ1) is 14.4. The van der Waals surface area contributed by atoms with E-state index in [1.807, 2.05) is 24.3 Å². The normalized spacial score (nSPS) is 10.9. The van der Waals surface area contributed by atoms with Gasteiger partial charge in [0.05, 0.1) is 11.2 Å². The van der Waals surface area contributed by atoms with Crippen molar-refractivity contribution in [3.63, 3.8) is 0 Å². The highest BCUT2D eigenvalue weighted by Crippen LogP contribution is 2.19. The highest BCUT2D eigenvalue weighted by atomic mass is 79.9. The first-order chi connectivity index (χ1) is 9.15. The highest BCUT2D eigenvalue weighted by molar-refractivity contribution is 9.10. The van der Waals surface area contributed by atoms with Crippen molar-refractivity contribution in [2.75, 3.05) is 0 Å². The molecule has 2 nitrogen and oxygen atoms in total. The van der Waals surface area contributed by atoms with Crippen LogP contribution in [0.4, 0.5) is 0 Å². The molecule has 2 aromatic rings. The lowest BCUT2D eigenvalue weighted by molar-refractivity contribution is 0.132. The van der Waals surface area contributed by atoms with Crippen LogP contribution in [0, 0.1) is 0 Å². The molecule has 0 radical (unpaired) electrons. The Morgan fingerprint density at radius 3 is 2.74 bits per heavy atom. The smallest absolute Gasteiger partial charge is 0.142 e. The summed E-state index contributed by atoms with van der Waals surface area (Å²) in [5.41, 5.74) is 1.80. The van der Waals surface area contributed by atoms with Gasteiger partial charge >= 0.3 is 0 Å². The molecule has 0 saturated carbocycles. The largest absolute Gasteiger partial charge is 0.391 e. The van der Waals surface area contributed by atoms with E-state index in [9.17, 15) is 0 Å².